The molecule has 2 unspecified atom stereocenters. The molecule has 2 aromatic carbocycles. The van der Waals surface area contributed by atoms with Crippen molar-refractivity contribution in [2.24, 2.45) is 5.92 Å². The standard InChI is InChI=1S/C22H23FN2O4S/c23-18-6-8-19(9-7-18)25-15-17(14-21(25)26)22(27)24-11-10-20(30(28,29)13-12-24)16-4-2-1-3-5-16/h1-9,17,20H,10-15H2. The quantitative estimate of drug-likeness (QED) is 0.750. The molecule has 0 N–H and O–H groups in total. The molecular weight excluding hydrogens is 407 g/mol. The predicted octanol–water partition coefficient (Wildman–Crippen LogP) is 2.57. The van der Waals surface area contributed by atoms with E-state index in [1.165, 1.54) is 29.2 Å². The Morgan fingerprint density at radius 1 is 1.00 bits per heavy atom. The Labute approximate surface area is 175 Å². The molecule has 2 atom stereocenters. The van der Waals surface area contributed by atoms with Gasteiger partial charge in [-0.15, -0.1) is 0 Å². The lowest BCUT2D eigenvalue weighted by atomic mass is 10.1. The van der Waals surface area contributed by atoms with Crippen molar-refractivity contribution in [1.29, 1.82) is 0 Å². The summed E-state index contributed by atoms with van der Waals surface area (Å²) in [6.07, 6.45) is 0.405. The number of carbonyl (C=O) groups is 2. The fraction of sp³-hybridized carbons (Fsp3) is 0.364. The SMILES string of the molecule is O=C(C1CC(=O)N(c2ccc(F)cc2)C1)N1CCC(c2ccccc2)S(=O)(=O)CC1. The molecule has 2 aliphatic heterocycles. The van der Waals surface area contributed by atoms with E-state index in [0.29, 0.717) is 18.7 Å². The minimum atomic E-state index is -3.38. The zero-order valence-electron chi connectivity index (χ0n) is 16.4. The van der Waals surface area contributed by atoms with Crippen molar-refractivity contribution in [3.63, 3.8) is 0 Å². The van der Waals surface area contributed by atoms with Gasteiger partial charge in [-0.25, -0.2) is 12.8 Å². The smallest absolute Gasteiger partial charge is 0.228 e. The summed E-state index contributed by atoms with van der Waals surface area (Å²) in [5.41, 5.74) is 1.30. The van der Waals surface area contributed by atoms with Gasteiger partial charge in [0.1, 0.15) is 5.82 Å². The first-order valence-electron chi connectivity index (χ1n) is 9.96. The van der Waals surface area contributed by atoms with Gasteiger partial charge in [-0.1, -0.05) is 30.3 Å². The molecule has 6 nitrogen and oxygen atoms in total. The summed E-state index contributed by atoms with van der Waals surface area (Å²) in [6.45, 7) is 0.680. The van der Waals surface area contributed by atoms with Crippen LogP contribution in [0.25, 0.3) is 0 Å². The summed E-state index contributed by atoms with van der Waals surface area (Å²) in [5.74, 6) is -1.41. The molecular formula is C22H23FN2O4S. The largest absolute Gasteiger partial charge is 0.341 e. The number of rotatable bonds is 3. The van der Waals surface area contributed by atoms with Crippen LogP contribution in [0.1, 0.15) is 23.7 Å². The molecule has 2 saturated heterocycles. The van der Waals surface area contributed by atoms with Gasteiger partial charge < -0.3 is 9.80 Å². The molecule has 2 amide bonds. The summed E-state index contributed by atoms with van der Waals surface area (Å²) in [5, 5.41) is -0.627. The first-order valence-corrected chi connectivity index (χ1v) is 11.7. The highest BCUT2D eigenvalue weighted by Crippen LogP contribution is 2.31. The number of amides is 2. The molecule has 30 heavy (non-hydrogen) atoms. The van der Waals surface area contributed by atoms with E-state index < -0.39 is 26.8 Å². The maximum atomic E-state index is 13.2. The van der Waals surface area contributed by atoms with Gasteiger partial charge in [-0.2, -0.15) is 0 Å². The third-order valence-corrected chi connectivity index (χ3v) is 7.96. The number of halogens is 1. The Morgan fingerprint density at radius 3 is 2.40 bits per heavy atom. The Bertz CT molecular complexity index is 1040. The molecule has 2 heterocycles. The highest BCUT2D eigenvalue weighted by Gasteiger charge is 2.39. The summed E-state index contributed by atoms with van der Waals surface area (Å²) >= 11 is 0. The van der Waals surface area contributed by atoms with Gasteiger partial charge in [-0.3, -0.25) is 9.59 Å². The fourth-order valence-electron chi connectivity index (χ4n) is 4.21. The topological polar surface area (TPSA) is 74.8 Å². The van der Waals surface area contributed by atoms with E-state index in [-0.39, 0.29) is 37.1 Å². The van der Waals surface area contributed by atoms with Crippen molar-refractivity contribution in [3.05, 3.63) is 66.0 Å². The van der Waals surface area contributed by atoms with Crippen LogP contribution in [0.3, 0.4) is 0 Å². The van der Waals surface area contributed by atoms with Gasteiger partial charge in [0, 0.05) is 31.7 Å². The molecule has 4 rings (SSSR count). The Hall–Kier alpha value is -2.74. The molecule has 2 fully saturated rings. The number of hydrogen-bond donors (Lipinski definition) is 0. The van der Waals surface area contributed by atoms with Crippen molar-refractivity contribution in [3.8, 4) is 0 Å². The van der Waals surface area contributed by atoms with E-state index >= 15 is 0 Å². The summed E-state index contributed by atoms with van der Waals surface area (Å²) in [6, 6.07) is 14.7. The predicted molar refractivity (Wildman–Crippen MR) is 111 cm³/mol. The zero-order chi connectivity index (χ0) is 21.3. The average molecular weight is 431 g/mol. The maximum Gasteiger partial charge on any atom is 0.228 e. The van der Waals surface area contributed by atoms with E-state index in [9.17, 15) is 22.4 Å². The van der Waals surface area contributed by atoms with Crippen LogP contribution < -0.4 is 4.90 Å². The van der Waals surface area contributed by atoms with Crippen LogP contribution in [-0.4, -0.2) is 50.5 Å². The van der Waals surface area contributed by atoms with Gasteiger partial charge in [-0.05, 0) is 36.2 Å². The average Bonchev–Trinajstić information content (AvgIpc) is 3.04. The maximum absolute atomic E-state index is 13.2. The number of benzene rings is 2. The van der Waals surface area contributed by atoms with E-state index in [1.807, 2.05) is 18.2 Å². The van der Waals surface area contributed by atoms with Crippen molar-refractivity contribution >= 4 is 27.3 Å². The minimum absolute atomic E-state index is 0.0710. The lowest BCUT2D eigenvalue weighted by Gasteiger charge is -2.23. The third kappa shape index (κ3) is 4.09. The fourth-order valence-corrected chi connectivity index (χ4v) is 6.00. The number of sulfone groups is 1. The van der Waals surface area contributed by atoms with E-state index in [2.05, 4.69) is 0 Å². The van der Waals surface area contributed by atoms with Crippen LogP contribution in [0.4, 0.5) is 10.1 Å². The van der Waals surface area contributed by atoms with Crippen LogP contribution in [0.5, 0.6) is 0 Å². The van der Waals surface area contributed by atoms with Crippen LogP contribution in [0, 0.1) is 11.7 Å². The molecule has 0 saturated carbocycles. The molecule has 8 heteroatoms. The second-order valence-electron chi connectivity index (χ2n) is 7.76. The zero-order valence-corrected chi connectivity index (χ0v) is 17.2. The summed E-state index contributed by atoms with van der Waals surface area (Å²) in [7, 11) is -3.38. The van der Waals surface area contributed by atoms with Crippen LogP contribution in [0.2, 0.25) is 0 Å². The van der Waals surface area contributed by atoms with Crippen molar-refractivity contribution in [2.45, 2.75) is 18.1 Å². The van der Waals surface area contributed by atoms with Gasteiger partial charge in [0.25, 0.3) is 0 Å². The molecule has 0 spiro atoms. The summed E-state index contributed by atoms with van der Waals surface area (Å²) in [4.78, 5) is 28.6. The number of anilines is 1. The van der Waals surface area contributed by atoms with E-state index in [1.54, 1.807) is 17.0 Å². The molecule has 0 aliphatic carbocycles. The van der Waals surface area contributed by atoms with Gasteiger partial charge in [0.05, 0.1) is 16.9 Å². The van der Waals surface area contributed by atoms with Crippen molar-refractivity contribution in [1.82, 2.24) is 4.90 Å². The van der Waals surface area contributed by atoms with Crippen molar-refractivity contribution < 1.29 is 22.4 Å². The lowest BCUT2D eigenvalue weighted by Crippen LogP contribution is -2.39. The Morgan fingerprint density at radius 2 is 1.70 bits per heavy atom. The van der Waals surface area contributed by atoms with Crippen LogP contribution in [-0.2, 0) is 19.4 Å². The van der Waals surface area contributed by atoms with Gasteiger partial charge >= 0.3 is 0 Å². The van der Waals surface area contributed by atoms with Crippen LogP contribution >= 0.6 is 0 Å². The monoisotopic (exact) mass is 430 g/mol. The third-order valence-electron chi connectivity index (χ3n) is 5.84. The number of nitrogens with zero attached hydrogens (tertiary/aromatic N) is 2. The number of hydrogen-bond acceptors (Lipinski definition) is 4. The van der Waals surface area contributed by atoms with Crippen molar-refractivity contribution in [2.75, 3.05) is 30.3 Å². The molecule has 0 bridgehead atoms. The van der Waals surface area contributed by atoms with E-state index in [0.717, 1.165) is 5.56 Å². The first-order chi connectivity index (χ1) is 14.3. The normalized spacial score (nSPS) is 24.0. The summed E-state index contributed by atoms with van der Waals surface area (Å²) < 4.78 is 38.7. The second kappa shape index (κ2) is 8.18. The molecule has 158 valence electrons. The Kier molecular flexibility index (Phi) is 5.60. The molecule has 0 radical (unpaired) electrons. The van der Waals surface area contributed by atoms with Gasteiger partial charge in [0.2, 0.25) is 11.8 Å². The second-order valence-corrected chi connectivity index (χ2v) is 10.1. The molecule has 2 aromatic rings. The van der Waals surface area contributed by atoms with Crippen LogP contribution in [0.15, 0.2) is 54.6 Å². The highest BCUT2D eigenvalue weighted by molar-refractivity contribution is 7.91. The lowest BCUT2D eigenvalue weighted by molar-refractivity contribution is -0.135. The highest BCUT2D eigenvalue weighted by atomic mass is 32.2. The molecule has 0 aromatic heterocycles. The number of carbonyl (C=O) groups excluding carboxylic acids is 2. The minimum Gasteiger partial charge on any atom is -0.341 e. The van der Waals surface area contributed by atoms with E-state index in [4.69, 9.17) is 0 Å². The molecule has 2 aliphatic rings. The van der Waals surface area contributed by atoms with Gasteiger partial charge in [0.15, 0.2) is 9.84 Å². The Balaban J connectivity index is 1.46. The first kappa shape index (κ1) is 20.5.